The fraction of sp³-hybridized carbons (Fsp3) is 0.111. The topological polar surface area (TPSA) is 55.1 Å². The Morgan fingerprint density at radius 3 is 3.31 bits per heavy atom. The number of nitrogens with zero attached hydrogens (tertiary/aromatic N) is 1. The summed E-state index contributed by atoms with van der Waals surface area (Å²) in [4.78, 5) is 14.1. The van der Waals surface area contributed by atoms with Crippen LogP contribution in [0.2, 0.25) is 0 Å². The molecule has 1 aromatic carbocycles. The maximum atomic E-state index is 10.1. The van der Waals surface area contributed by atoms with Crippen molar-refractivity contribution in [3.8, 4) is 0 Å². The summed E-state index contributed by atoms with van der Waals surface area (Å²) in [5.41, 5.74) is 2.39. The summed E-state index contributed by atoms with van der Waals surface area (Å²) in [5.74, 6) is 0. The van der Waals surface area contributed by atoms with E-state index in [0.29, 0.717) is 6.54 Å². The van der Waals surface area contributed by atoms with Crippen LogP contribution in [-0.2, 0) is 4.79 Å². The van der Waals surface area contributed by atoms with E-state index in [-0.39, 0.29) is 0 Å². The van der Waals surface area contributed by atoms with Gasteiger partial charge in [0, 0.05) is 11.8 Å². The van der Waals surface area contributed by atoms with E-state index in [1.54, 1.807) is 0 Å². The average molecular weight is 176 g/mol. The van der Waals surface area contributed by atoms with Crippen molar-refractivity contribution in [1.29, 1.82) is 0 Å². The lowest BCUT2D eigenvalue weighted by molar-refractivity contribution is -0.106. The van der Waals surface area contributed by atoms with Gasteiger partial charge in [-0.1, -0.05) is 0 Å². The van der Waals surface area contributed by atoms with Crippen molar-refractivity contribution in [2.24, 2.45) is 0 Å². The van der Waals surface area contributed by atoms with Crippen molar-refractivity contribution >= 4 is 23.1 Å². The van der Waals surface area contributed by atoms with E-state index in [4.69, 9.17) is 4.42 Å². The molecule has 2 aromatic rings. The monoisotopic (exact) mass is 176 g/mol. The Balaban J connectivity index is 2.31. The van der Waals surface area contributed by atoms with Gasteiger partial charge in [0.2, 0.25) is 0 Å². The Bertz CT molecular complexity index is 422. The molecule has 4 nitrogen and oxygen atoms in total. The van der Waals surface area contributed by atoms with Crippen molar-refractivity contribution in [1.82, 2.24) is 4.98 Å². The quantitative estimate of drug-likeness (QED) is 0.719. The van der Waals surface area contributed by atoms with Gasteiger partial charge in [-0.2, -0.15) is 0 Å². The Kier molecular flexibility index (Phi) is 1.96. The number of oxazole rings is 1. The van der Waals surface area contributed by atoms with E-state index in [9.17, 15) is 4.79 Å². The van der Waals surface area contributed by atoms with Gasteiger partial charge in [0.25, 0.3) is 0 Å². The fourth-order valence-corrected chi connectivity index (χ4v) is 1.12. The second-order valence-electron chi connectivity index (χ2n) is 2.58. The third-order valence-electron chi connectivity index (χ3n) is 1.72. The Morgan fingerprint density at radius 1 is 1.54 bits per heavy atom. The standard InChI is InChI=1S/C9H8N2O2/c12-4-3-10-7-1-2-8-9(5-7)13-6-11-8/h1-2,4-6,10H,3H2. The highest BCUT2D eigenvalue weighted by atomic mass is 16.3. The third-order valence-corrected chi connectivity index (χ3v) is 1.72. The predicted octanol–water partition coefficient (Wildman–Crippen LogP) is 1.44. The molecule has 66 valence electrons. The number of rotatable bonds is 3. The summed E-state index contributed by atoms with van der Waals surface area (Å²) in [7, 11) is 0. The van der Waals surface area contributed by atoms with Crippen LogP contribution >= 0.6 is 0 Å². The number of fused-ring (bicyclic) bond motifs is 1. The molecular weight excluding hydrogens is 168 g/mol. The zero-order valence-corrected chi connectivity index (χ0v) is 6.86. The number of aromatic nitrogens is 1. The van der Waals surface area contributed by atoms with Crippen molar-refractivity contribution < 1.29 is 9.21 Å². The number of carbonyl (C=O) groups is 1. The van der Waals surface area contributed by atoms with E-state index in [0.717, 1.165) is 23.1 Å². The first-order chi connectivity index (χ1) is 6.40. The number of hydrogen-bond acceptors (Lipinski definition) is 4. The van der Waals surface area contributed by atoms with E-state index in [2.05, 4.69) is 10.3 Å². The molecule has 0 amide bonds. The van der Waals surface area contributed by atoms with Gasteiger partial charge in [-0.25, -0.2) is 4.98 Å². The first-order valence-electron chi connectivity index (χ1n) is 3.91. The predicted molar refractivity (Wildman–Crippen MR) is 48.6 cm³/mol. The van der Waals surface area contributed by atoms with Gasteiger partial charge in [0.05, 0.1) is 6.54 Å². The Labute approximate surface area is 74.6 Å². The van der Waals surface area contributed by atoms with Gasteiger partial charge in [-0.3, -0.25) is 0 Å². The maximum absolute atomic E-state index is 10.1. The van der Waals surface area contributed by atoms with Crippen LogP contribution in [0.4, 0.5) is 5.69 Å². The van der Waals surface area contributed by atoms with Crippen LogP contribution < -0.4 is 5.32 Å². The van der Waals surface area contributed by atoms with Crippen molar-refractivity contribution in [2.75, 3.05) is 11.9 Å². The normalized spacial score (nSPS) is 10.2. The fourth-order valence-electron chi connectivity index (χ4n) is 1.12. The van der Waals surface area contributed by atoms with Gasteiger partial charge in [0.1, 0.15) is 11.8 Å². The Morgan fingerprint density at radius 2 is 2.46 bits per heavy atom. The third kappa shape index (κ3) is 1.51. The highest BCUT2D eigenvalue weighted by molar-refractivity contribution is 5.77. The number of benzene rings is 1. The molecule has 0 fully saturated rings. The van der Waals surface area contributed by atoms with Crippen LogP contribution in [0.5, 0.6) is 0 Å². The van der Waals surface area contributed by atoms with E-state index in [1.807, 2.05) is 18.2 Å². The lowest BCUT2D eigenvalue weighted by Gasteiger charge is -1.99. The van der Waals surface area contributed by atoms with Gasteiger partial charge in [-0.15, -0.1) is 0 Å². The maximum Gasteiger partial charge on any atom is 0.181 e. The first kappa shape index (κ1) is 7.79. The summed E-state index contributed by atoms with van der Waals surface area (Å²) in [5, 5.41) is 2.92. The van der Waals surface area contributed by atoms with Crippen LogP contribution in [0, 0.1) is 0 Å². The second kappa shape index (κ2) is 3.26. The van der Waals surface area contributed by atoms with E-state index < -0.39 is 0 Å². The number of hydrogen-bond donors (Lipinski definition) is 1. The molecule has 0 saturated heterocycles. The Hall–Kier alpha value is -1.84. The molecule has 0 atom stereocenters. The van der Waals surface area contributed by atoms with Gasteiger partial charge in [0.15, 0.2) is 12.0 Å². The summed E-state index contributed by atoms with van der Waals surface area (Å²) < 4.78 is 5.10. The minimum atomic E-state index is 0.305. The molecule has 0 aliphatic carbocycles. The lowest BCUT2D eigenvalue weighted by atomic mass is 10.3. The zero-order chi connectivity index (χ0) is 9.10. The van der Waals surface area contributed by atoms with Gasteiger partial charge >= 0.3 is 0 Å². The smallest absolute Gasteiger partial charge is 0.181 e. The van der Waals surface area contributed by atoms with Gasteiger partial charge < -0.3 is 14.5 Å². The number of aldehydes is 1. The first-order valence-corrected chi connectivity index (χ1v) is 3.91. The van der Waals surface area contributed by atoms with Gasteiger partial charge in [-0.05, 0) is 12.1 Å². The molecular formula is C9H8N2O2. The van der Waals surface area contributed by atoms with Crippen LogP contribution in [0.25, 0.3) is 11.1 Å². The molecule has 1 aromatic heterocycles. The molecule has 0 aliphatic heterocycles. The molecule has 1 N–H and O–H groups in total. The largest absolute Gasteiger partial charge is 0.443 e. The highest BCUT2D eigenvalue weighted by Crippen LogP contribution is 2.17. The van der Waals surface area contributed by atoms with Crippen molar-refractivity contribution in [2.45, 2.75) is 0 Å². The minimum Gasteiger partial charge on any atom is -0.443 e. The summed E-state index contributed by atoms with van der Waals surface area (Å²) in [6.07, 6.45) is 2.21. The molecule has 0 aliphatic rings. The molecule has 1 heterocycles. The summed E-state index contributed by atoms with van der Waals surface area (Å²) in [6, 6.07) is 5.51. The van der Waals surface area contributed by atoms with Crippen LogP contribution in [0.3, 0.4) is 0 Å². The molecule has 0 saturated carbocycles. The molecule has 13 heavy (non-hydrogen) atoms. The summed E-state index contributed by atoms with van der Waals surface area (Å²) in [6.45, 7) is 0.305. The number of carbonyl (C=O) groups excluding carboxylic acids is 1. The van der Waals surface area contributed by atoms with Crippen LogP contribution in [-0.4, -0.2) is 17.8 Å². The van der Waals surface area contributed by atoms with Crippen molar-refractivity contribution in [3.05, 3.63) is 24.6 Å². The molecule has 4 heteroatoms. The van der Waals surface area contributed by atoms with Crippen LogP contribution in [0.15, 0.2) is 29.0 Å². The molecule has 0 radical (unpaired) electrons. The SMILES string of the molecule is O=CCNc1ccc2ncoc2c1. The number of anilines is 1. The highest BCUT2D eigenvalue weighted by Gasteiger charge is 1.98. The number of nitrogens with one attached hydrogen (secondary N) is 1. The van der Waals surface area contributed by atoms with Crippen LogP contribution in [0.1, 0.15) is 0 Å². The average Bonchev–Trinajstić information content (AvgIpc) is 2.61. The molecule has 2 rings (SSSR count). The van der Waals surface area contributed by atoms with Crippen molar-refractivity contribution in [3.63, 3.8) is 0 Å². The zero-order valence-electron chi connectivity index (χ0n) is 6.86. The molecule has 0 unspecified atom stereocenters. The molecule has 0 bridgehead atoms. The minimum absolute atomic E-state index is 0.305. The van der Waals surface area contributed by atoms with E-state index in [1.165, 1.54) is 6.39 Å². The molecule has 0 spiro atoms. The summed E-state index contributed by atoms with van der Waals surface area (Å²) >= 11 is 0. The van der Waals surface area contributed by atoms with E-state index >= 15 is 0 Å². The lowest BCUT2D eigenvalue weighted by Crippen LogP contribution is -2.01. The second-order valence-corrected chi connectivity index (χ2v) is 2.58.